The average molecular weight is 316 g/mol. The minimum Gasteiger partial charge on any atom is -0.341 e. The Morgan fingerprint density at radius 1 is 1.22 bits per heavy atom. The van der Waals surface area contributed by atoms with Crippen molar-refractivity contribution >= 4 is 12.3 Å². The molecule has 6 nitrogen and oxygen atoms in total. The number of rotatable bonds is 5. The van der Waals surface area contributed by atoms with Gasteiger partial charge in [-0.1, -0.05) is 6.07 Å². The molecule has 6 heteroatoms. The van der Waals surface area contributed by atoms with E-state index in [0.29, 0.717) is 26.1 Å². The monoisotopic (exact) mass is 316 g/mol. The number of amides is 2. The minimum absolute atomic E-state index is 0.0864. The molecule has 23 heavy (non-hydrogen) atoms. The van der Waals surface area contributed by atoms with Crippen LogP contribution in [0.3, 0.4) is 0 Å². The molecule has 2 saturated heterocycles. The molecule has 0 saturated carbocycles. The molecule has 0 bridgehead atoms. The van der Waals surface area contributed by atoms with Crippen molar-refractivity contribution in [3.05, 3.63) is 30.1 Å². The van der Waals surface area contributed by atoms with Gasteiger partial charge in [-0.3, -0.25) is 14.6 Å². The first-order chi connectivity index (χ1) is 11.3. The molecule has 0 aliphatic carbocycles. The third-order valence-electron chi connectivity index (χ3n) is 4.71. The molecule has 1 aromatic heterocycles. The van der Waals surface area contributed by atoms with Crippen molar-refractivity contribution in [2.75, 3.05) is 39.3 Å². The molecular formula is C17H24N4O2. The molecule has 0 aromatic carbocycles. The second-order valence-electron chi connectivity index (χ2n) is 6.35. The van der Waals surface area contributed by atoms with E-state index in [-0.39, 0.29) is 11.9 Å². The summed E-state index contributed by atoms with van der Waals surface area (Å²) in [6.07, 6.45) is 5.41. The van der Waals surface area contributed by atoms with Crippen LogP contribution in [0.25, 0.3) is 0 Å². The molecule has 2 aliphatic rings. The zero-order valence-electron chi connectivity index (χ0n) is 13.4. The average Bonchev–Trinajstić information content (AvgIpc) is 3.08. The Morgan fingerprint density at radius 3 is 2.74 bits per heavy atom. The van der Waals surface area contributed by atoms with E-state index in [4.69, 9.17) is 0 Å². The molecule has 124 valence electrons. The number of likely N-dealkylation sites (tertiary alicyclic amines) is 1. The number of carbonyl (C=O) groups is 2. The minimum atomic E-state index is 0.0864. The lowest BCUT2D eigenvalue weighted by Crippen LogP contribution is -2.58. The van der Waals surface area contributed by atoms with Gasteiger partial charge in [0.15, 0.2) is 0 Å². The lowest BCUT2D eigenvalue weighted by molar-refractivity contribution is -0.138. The summed E-state index contributed by atoms with van der Waals surface area (Å²) >= 11 is 0. The summed E-state index contributed by atoms with van der Waals surface area (Å²) in [4.78, 5) is 34.2. The van der Waals surface area contributed by atoms with Gasteiger partial charge in [-0.15, -0.1) is 0 Å². The van der Waals surface area contributed by atoms with Crippen molar-refractivity contribution in [2.24, 2.45) is 0 Å². The van der Waals surface area contributed by atoms with E-state index >= 15 is 0 Å². The Balaban J connectivity index is 1.66. The number of aromatic nitrogens is 1. The van der Waals surface area contributed by atoms with Gasteiger partial charge in [0.2, 0.25) is 12.3 Å². The van der Waals surface area contributed by atoms with Crippen LogP contribution in [0.5, 0.6) is 0 Å². The van der Waals surface area contributed by atoms with E-state index in [2.05, 4.69) is 9.88 Å². The van der Waals surface area contributed by atoms with E-state index < -0.39 is 0 Å². The Hall–Kier alpha value is -1.95. The van der Waals surface area contributed by atoms with Gasteiger partial charge in [0.1, 0.15) is 0 Å². The Bertz CT molecular complexity index is 531. The second kappa shape index (κ2) is 7.55. The fraction of sp³-hybridized carbons (Fsp3) is 0.588. The van der Waals surface area contributed by atoms with Gasteiger partial charge in [0.05, 0.1) is 12.5 Å². The standard InChI is InChI=1S/C17H24N4O2/c22-14-20-9-10-21(16(13-20)12-19-7-3-4-8-19)17(23)11-15-5-1-2-6-18-15/h1-2,5-6,14,16H,3-4,7-13H2. The summed E-state index contributed by atoms with van der Waals surface area (Å²) < 4.78 is 0. The Labute approximate surface area is 137 Å². The van der Waals surface area contributed by atoms with E-state index in [0.717, 1.165) is 31.7 Å². The fourth-order valence-corrected chi connectivity index (χ4v) is 3.48. The van der Waals surface area contributed by atoms with Crippen LogP contribution in [0.2, 0.25) is 0 Å². The quantitative estimate of drug-likeness (QED) is 0.738. The van der Waals surface area contributed by atoms with Crippen LogP contribution in [-0.4, -0.2) is 77.3 Å². The number of piperazine rings is 1. The topological polar surface area (TPSA) is 56.8 Å². The maximum absolute atomic E-state index is 12.7. The molecule has 1 aromatic rings. The molecule has 2 fully saturated rings. The van der Waals surface area contributed by atoms with Crippen molar-refractivity contribution in [3.8, 4) is 0 Å². The molecule has 3 rings (SSSR count). The highest BCUT2D eigenvalue weighted by molar-refractivity contribution is 5.79. The first kappa shape index (κ1) is 15.9. The maximum Gasteiger partial charge on any atom is 0.229 e. The second-order valence-corrected chi connectivity index (χ2v) is 6.35. The van der Waals surface area contributed by atoms with Crippen molar-refractivity contribution in [3.63, 3.8) is 0 Å². The lowest BCUT2D eigenvalue weighted by Gasteiger charge is -2.41. The van der Waals surface area contributed by atoms with Crippen molar-refractivity contribution in [2.45, 2.75) is 25.3 Å². The number of hydrogen-bond acceptors (Lipinski definition) is 4. The van der Waals surface area contributed by atoms with Crippen LogP contribution in [0.1, 0.15) is 18.5 Å². The lowest BCUT2D eigenvalue weighted by atomic mass is 10.1. The normalized spacial score (nSPS) is 22.3. The summed E-state index contributed by atoms with van der Waals surface area (Å²) in [7, 11) is 0. The predicted molar refractivity (Wildman–Crippen MR) is 86.8 cm³/mol. The highest BCUT2D eigenvalue weighted by atomic mass is 16.2. The van der Waals surface area contributed by atoms with Gasteiger partial charge in [0.25, 0.3) is 0 Å². The van der Waals surface area contributed by atoms with Crippen molar-refractivity contribution in [1.82, 2.24) is 19.7 Å². The summed E-state index contributed by atoms with van der Waals surface area (Å²) in [6, 6.07) is 5.73. The SMILES string of the molecule is O=CN1CCN(C(=O)Cc2ccccn2)C(CN2CCCC2)C1. The molecule has 1 atom stereocenters. The van der Waals surface area contributed by atoms with E-state index in [1.54, 1.807) is 11.1 Å². The van der Waals surface area contributed by atoms with Gasteiger partial charge in [0, 0.05) is 38.1 Å². The molecule has 2 amide bonds. The van der Waals surface area contributed by atoms with Gasteiger partial charge in [-0.25, -0.2) is 0 Å². The van der Waals surface area contributed by atoms with E-state index in [1.165, 1.54) is 12.8 Å². The molecule has 0 N–H and O–H groups in total. The summed E-state index contributed by atoms with van der Waals surface area (Å²) in [5.74, 6) is 0.110. The van der Waals surface area contributed by atoms with Crippen molar-refractivity contribution in [1.29, 1.82) is 0 Å². The first-order valence-corrected chi connectivity index (χ1v) is 8.37. The molecule has 0 radical (unpaired) electrons. The zero-order valence-corrected chi connectivity index (χ0v) is 13.4. The number of pyridine rings is 1. The van der Waals surface area contributed by atoms with Crippen LogP contribution in [0.15, 0.2) is 24.4 Å². The van der Waals surface area contributed by atoms with Crippen LogP contribution >= 0.6 is 0 Å². The summed E-state index contributed by atoms with van der Waals surface area (Å²) in [5, 5.41) is 0. The predicted octanol–water partition coefficient (Wildman–Crippen LogP) is 0.389. The van der Waals surface area contributed by atoms with Crippen LogP contribution in [0.4, 0.5) is 0 Å². The van der Waals surface area contributed by atoms with Crippen LogP contribution in [-0.2, 0) is 16.0 Å². The third-order valence-corrected chi connectivity index (χ3v) is 4.71. The molecular weight excluding hydrogens is 292 g/mol. The fourth-order valence-electron chi connectivity index (χ4n) is 3.48. The number of nitrogens with zero attached hydrogens (tertiary/aromatic N) is 4. The molecule has 1 unspecified atom stereocenters. The molecule has 3 heterocycles. The molecule has 2 aliphatic heterocycles. The smallest absolute Gasteiger partial charge is 0.229 e. The van der Waals surface area contributed by atoms with Gasteiger partial charge in [-0.05, 0) is 38.1 Å². The summed E-state index contributed by atoms with van der Waals surface area (Å²) in [6.45, 7) is 4.92. The van der Waals surface area contributed by atoms with E-state index in [1.807, 2.05) is 23.1 Å². The highest BCUT2D eigenvalue weighted by Crippen LogP contribution is 2.15. The first-order valence-electron chi connectivity index (χ1n) is 8.37. The Kier molecular flexibility index (Phi) is 5.23. The van der Waals surface area contributed by atoms with Crippen molar-refractivity contribution < 1.29 is 9.59 Å². The van der Waals surface area contributed by atoms with Crippen LogP contribution < -0.4 is 0 Å². The Morgan fingerprint density at radius 2 is 2.04 bits per heavy atom. The van der Waals surface area contributed by atoms with Gasteiger partial charge in [-0.2, -0.15) is 0 Å². The third kappa shape index (κ3) is 4.07. The van der Waals surface area contributed by atoms with Gasteiger partial charge >= 0.3 is 0 Å². The number of hydrogen-bond donors (Lipinski definition) is 0. The van der Waals surface area contributed by atoms with Crippen LogP contribution in [0, 0.1) is 0 Å². The summed E-state index contributed by atoms with van der Waals surface area (Å²) in [5.41, 5.74) is 0.801. The zero-order chi connectivity index (χ0) is 16.1. The van der Waals surface area contributed by atoms with Gasteiger partial charge < -0.3 is 14.7 Å². The number of carbonyl (C=O) groups excluding carboxylic acids is 2. The molecule has 0 spiro atoms. The largest absolute Gasteiger partial charge is 0.341 e. The maximum atomic E-state index is 12.7. The highest BCUT2D eigenvalue weighted by Gasteiger charge is 2.31. The van der Waals surface area contributed by atoms with E-state index in [9.17, 15) is 9.59 Å².